The molecule has 0 spiro atoms. The third kappa shape index (κ3) is 3.76. The number of benzene rings is 1. The number of aromatic nitrogens is 1. The molecule has 28 heavy (non-hydrogen) atoms. The van der Waals surface area contributed by atoms with E-state index in [1.807, 2.05) is 24.3 Å². The second kappa shape index (κ2) is 7.84. The van der Waals surface area contributed by atoms with Gasteiger partial charge in [-0.05, 0) is 44.0 Å². The summed E-state index contributed by atoms with van der Waals surface area (Å²) in [5.41, 5.74) is 1.56. The third-order valence-electron chi connectivity index (χ3n) is 5.06. The van der Waals surface area contributed by atoms with Gasteiger partial charge in [-0.25, -0.2) is 9.78 Å². The molecule has 6 nitrogen and oxygen atoms in total. The van der Waals surface area contributed by atoms with Crippen LogP contribution < -0.4 is 5.32 Å². The Morgan fingerprint density at radius 3 is 2.71 bits per heavy atom. The van der Waals surface area contributed by atoms with E-state index in [-0.39, 0.29) is 11.9 Å². The molecule has 0 unspecified atom stereocenters. The van der Waals surface area contributed by atoms with E-state index in [1.165, 1.54) is 0 Å². The van der Waals surface area contributed by atoms with Crippen LogP contribution in [-0.4, -0.2) is 29.0 Å². The SMILES string of the molecule is C[C@H](OC(=O)c1cc(-c2ccco2)nc2ccccc12)C(=O)NC1CCCC1. The van der Waals surface area contributed by atoms with Gasteiger partial charge >= 0.3 is 5.97 Å². The van der Waals surface area contributed by atoms with Gasteiger partial charge in [0.1, 0.15) is 5.69 Å². The molecule has 0 radical (unpaired) electrons. The second-order valence-electron chi connectivity index (χ2n) is 7.09. The number of hydrogen-bond donors (Lipinski definition) is 1. The summed E-state index contributed by atoms with van der Waals surface area (Å²) in [6.07, 6.45) is 4.89. The highest BCUT2D eigenvalue weighted by Crippen LogP contribution is 2.26. The molecule has 2 aromatic heterocycles. The zero-order valence-electron chi connectivity index (χ0n) is 15.7. The van der Waals surface area contributed by atoms with E-state index in [0.29, 0.717) is 27.9 Å². The average molecular weight is 378 g/mol. The molecule has 0 bridgehead atoms. The highest BCUT2D eigenvalue weighted by atomic mass is 16.5. The molecule has 1 saturated carbocycles. The zero-order valence-corrected chi connectivity index (χ0v) is 15.7. The standard InChI is InChI=1S/C22H22N2O4/c1-14(21(25)23-15-7-2-3-8-15)28-22(26)17-13-19(20-11-6-12-27-20)24-18-10-5-4-9-16(17)18/h4-6,9-15H,2-3,7-8H2,1H3,(H,23,25)/t14-/m0/s1. The summed E-state index contributed by atoms with van der Waals surface area (Å²) < 4.78 is 10.9. The van der Waals surface area contributed by atoms with Crippen molar-refractivity contribution in [1.29, 1.82) is 0 Å². The predicted octanol–water partition coefficient (Wildman–Crippen LogP) is 4.10. The molecule has 1 aromatic carbocycles. The lowest BCUT2D eigenvalue weighted by Gasteiger charge is -2.17. The third-order valence-corrected chi connectivity index (χ3v) is 5.06. The Hall–Kier alpha value is -3.15. The van der Waals surface area contributed by atoms with Crippen molar-refractivity contribution in [3.63, 3.8) is 0 Å². The van der Waals surface area contributed by atoms with Gasteiger partial charge in [-0.1, -0.05) is 31.0 Å². The fourth-order valence-electron chi connectivity index (χ4n) is 3.56. The average Bonchev–Trinajstić information content (AvgIpc) is 3.41. The van der Waals surface area contributed by atoms with Crippen molar-refractivity contribution in [2.45, 2.75) is 44.8 Å². The molecule has 3 aromatic rings. The van der Waals surface area contributed by atoms with Gasteiger partial charge in [0.2, 0.25) is 0 Å². The number of rotatable bonds is 5. The summed E-state index contributed by atoms with van der Waals surface area (Å²) in [5, 5.41) is 3.64. The van der Waals surface area contributed by atoms with Gasteiger partial charge < -0.3 is 14.5 Å². The number of pyridine rings is 1. The van der Waals surface area contributed by atoms with Gasteiger partial charge in [0.25, 0.3) is 5.91 Å². The molecule has 1 fully saturated rings. The summed E-state index contributed by atoms with van der Waals surface area (Å²) >= 11 is 0. The summed E-state index contributed by atoms with van der Waals surface area (Å²) in [7, 11) is 0. The molecule has 2 heterocycles. The first-order chi connectivity index (χ1) is 13.6. The Kier molecular flexibility index (Phi) is 5.10. The first-order valence-corrected chi connectivity index (χ1v) is 9.57. The van der Waals surface area contributed by atoms with Crippen molar-refractivity contribution in [2.24, 2.45) is 0 Å². The van der Waals surface area contributed by atoms with Gasteiger partial charge in [0.15, 0.2) is 11.9 Å². The Balaban J connectivity index is 1.58. The maximum atomic E-state index is 12.9. The Bertz CT molecular complexity index is 991. The van der Waals surface area contributed by atoms with Crippen LogP contribution in [0.15, 0.2) is 53.1 Å². The summed E-state index contributed by atoms with van der Waals surface area (Å²) in [6, 6.07) is 12.7. The number of ether oxygens (including phenoxy) is 1. The van der Waals surface area contributed by atoms with Gasteiger partial charge in [-0.15, -0.1) is 0 Å². The quantitative estimate of drug-likeness (QED) is 0.676. The van der Waals surface area contributed by atoms with Crippen LogP contribution in [0.4, 0.5) is 0 Å². The minimum absolute atomic E-state index is 0.181. The highest BCUT2D eigenvalue weighted by Gasteiger charge is 2.25. The largest absolute Gasteiger partial charge is 0.463 e. The molecule has 6 heteroatoms. The van der Waals surface area contributed by atoms with Crippen LogP contribution in [-0.2, 0) is 9.53 Å². The first kappa shape index (κ1) is 18.2. The predicted molar refractivity (Wildman–Crippen MR) is 105 cm³/mol. The molecule has 0 aliphatic heterocycles. The lowest BCUT2D eigenvalue weighted by molar-refractivity contribution is -0.129. The minimum Gasteiger partial charge on any atom is -0.463 e. The topological polar surface area (TPSA) is 81.4 Å². The van der Waals surface area contributed by atoms with Gasteiger partial charge in [0, 0.05) is 11.4 Å². The monoisotopic (exact) mass is 378 g/mol. The molecule has 4 rings (SSSR count). The van der Waals surface area contributed by atoms with Crippen LogP contribution in [0.25, 0.3) is 22.4 Å². The number of furan rings is 1. The molecular weight excluding hydrogens is 356 g/mol. The first-order valence-electron chi connectivity index (χ1n) is 9.57. The van der Waals surface area contributed by atoms with E-state index < -0.39 is 12.1 Å². The number of para-hydroxylation sites is 1. The summed E-state index contributed by atoms with van der Waals surface area (Å²) in [4.78, 5) is 29.8. The van der Waals surface area contributed by atoms with Crippen LogP contribution in [0.1, 0.15) is 43.0 Å². The fraction of sp³-hybridized carbons (Fsp3) is 0.318. The van der Waals surface area contributed by atoms with E-state index in [9.17, 15) is 9.59 Å². The zero-order chi connectivity index (χ0) is 19.5. The van der Waals surface area contributed by atoms with E-state index in [2.05, 4.69) is 10.3 Å². The van der Waals surface area contributed by atoms with Crippen molar-refractivity contribution < 1.29 is 18.7 Å². The number of hydrogen-bond acceptors (Lipinski definition) is 5. The minimum atomic E-state index is -0.868. The smallest absolute Gasteiger partial charge is 0.339 e. The molecular formula is C22H22N2O4. The molecule has 1 atom stereocenters. The Morgan fingerprint density at radius 1 is 1.18 bits per heavy atom. The lowest BCUT2D eigenvalue weighted by atomic mass is 10.1. The van der Waals surface area contributed by atoms with Gasteiger partial charge in [-0.2, -0.15) is 0 Å². The van der Waals surface area contributed by atoms with E-state index in [4.69, 9.17) is 9.15 Å². The van der Waals surface area contributed by atoms with Crippen molar-refractivity contribution in [3.05, 3.63) is 54.3 Å². The number of carbonyl (C=O) groups excluding carboxylic acids is 2. The van der Waals surface area contributed by atoms with E-state index >= 15 is 0 Å². The Morgan fingerprint density at radius 2 is 1.96 bits per heavy atom. The maximum Gasteiger partial charge on any atom is 0.339 e. The van der Waals surface area contributed by atoms with Crippen LogP contribution in [0.5, 0.6) is 0 Å². The summed E-state index contributed by atoms with van der Waals surface area (Å²) in [6.45, 7) is 1.60. The number of esters is 1. The molecule has 1 aliphatic carbocycles. The molecule has 0 saturated heterocycles. The van der Waals surface area contributed by atoms with Crippen LogP contribution in [0, 0.1) is 0 Å². The van der Waals surface area contributed by atoms with Gasteiger partial charge in [0.05, 0.1) is 17.3 Å². The fourth-order valence-corrected chi connectivity index (χ4v) is 3.56. The number of fused-ring (bicyclic) bond motifs is 1. The van der Waals surface area contributed by atoms with Crippen molar-refractivity contribution in [1.82, 2.24) is 10.3 Å². The number of nitrogens with zero attached hydrogens (tertiary/aromatic N) is 1. The number of amides is 1. The van der Waals surface area contributed by atoms with Crippen molar-refractivity contribution in [3.8, 4) is 11.5 Å². The van der Waals surface area contributed by atoms with E-state index in [0.717, 1.165) is 25.7 Å². The number of carbonyl (C=O) groups is 2. The van der Waals surface area contributed by atoms with Crippen LogP contribution >= 0.6 is 0 Å². The second-order valence-corrected chi connectivity index (χ2v) is 7.09. The lowest BCUT2D eigenvalue weighted by Crippen LogP contribution is -2.40. The molecule has 1 N–H and O–H groups in total. The molecule has 1 amide bonds. The highest BCUT2D eigenvalue weighted by molar-refractivity contribution is 6.05. The van der Waals surface area contributed by atoms with E-state index in [1.54, 1.807) is 31.4 Å². The molecule has 1 aliphatic rings. The molecule has 144 valence electrons. The number of nitrogens with one attached hydrogen (secondary N) is 1. The van der Waals surface area contributed by atoms with Crippen molar-refractivity contribution in [2.75, 3.05) is 0 Å². The van der Waals surface area contributed by atoms with Crippen LogP contribution in [0.3, 0.4) is 0 Å². The maximum absolute atomic E-state index is 12.9. The Labute approximate surface area is 162 Å². The van der Waals surface area contributed by atoms with Gasteiger partial charge in [-0.3, -0.25) is 4.79 Å². The normalized spacial score (nSPS) is 15.5. The van der Waals surface area contributed by atoms with Crippen LogP contribution in [0.2, 0.25) is 0 Å². The van der Waals surface area contributed by atoms with Crippen molar-refractivity contribution >= 4 is 22.8 Å². The summed E-state index contributed by atoms with van der Waals surface area (Å²) in [5.74, 6) is -0.253.